The summed E-state index contributed by atoms with van der Waals surface area (Å²) in [5.74, 6) is 0.630. The Morgan fingerprint density at radius 3 is 2.30 bits per heavy atom. The molecular weight excluding hydrogens is 348 g/mol. The third-order valence-electron chi connectivity index (χ3n) is 2.75. The van der Waals surface area contributed by atoms with Crippen molar-refractivity contribution in [3.63, 3.8) is 0 Å². The van der Waals surface area contributed by atoms with Gasteiger partial charge in [-0.05, 0) is 24.1 Å². The largest absolute Gasteiger partial charge is 0.493 e. The van der Waals surface area contributed by atoms with Gasteiger partial charge in [0.15, 0.2) is 17.3 Å². The fourth-order valence-electron chi connectivity index (χ4n) is 1.67. The zero-order valence-corrected chi connectivity index (χ0v) is 13.7. The summed E-state index contributed by atoms with van der Waals surface area (Å²) in [6.45, 7) is 0. The number of ether oxygens (including phenoxy) is 2. The van der Waals surface area contributed by atoms with Crippen molar-refractivity contribution in [3.05, 3.63) is 22.2 Å². The van der Waals surface area contributed by atoms with Gasteiger partial charge in [-0.25, -0.2) is 0 Å². The molecule has 110 valence electrons. The van der Waals surface area contributed by atoms with Gasteiger partial charge in [0.25, 0.3) is 0 Å². The Bertz CT molecular complexity index is 502. The lowest BCUT2D eigenvalue weighted by Crippen LogP contribution is -2.16. The summed E-state index contributed by atoms with van der Waals surface area (Å²) >= 11 is 8.87. The molecule has 0 aromatic heterocycles. The van der Waals surface area contributed by atoms with Crippen LogP contribution in [0.2, 0.25) is 0 Å². The van der Waals surface area contributed by atoms with Crippen LogP contribution < -0.4 is 9.47 Å². The molecule has 0 saturated heterocycles. The normalized spacial score (nSPS) is 10.2. The van der Waals surface area contributed by atoms with E-state index in [2.05, 4.69) is 15.9 Å². The number of benzene rings is 1. The molecule has 0 heterocycles. The average molecular weight is 364 g/mol. The van der Waals surface area contributed by atoms with Crippen LogP contribution in [-0.2, 0) is 16.0 Å². The molecule has 1 aromatic carbocycles. The van der Waals surface area contributed by atoms with Crippen molar-refractivity contribution in [3.8, 4) is 11.5 Å². The number of carbonyl (C=O) groups excluding carboxylic acids is 2. The molecule has 0 spiro atoms. The Kier molecular flexibility index (Phi) is 7.02. The summed E-state index contributed by atoms with van der Waals surface area (Å²) < 4.78 is 11.0. The van der Waals surface area contributed by atoms with Crippen molar-refractivity contribution in [2.75, 3.05) is 20.1 Å². The van der Waals surface area contributed by atoms with Crippen LogP contribution in [0.1, 0.15) is 18.4 Å². The first-order valence-electron chi connectivity index (χ1n) is 6.05. The Morgan fingerprint density at radius 2 is 1.75 bits per heavy atom. The van der Waals surface area contributed by atoms with Crippen molar-refractivity contribution in [1.82, 2.24) is 0 Å². The predicted octanol–water partition coefficient (Wildman–Crippen LogP) is 3.17. The number of halogens is 2. The number of hydrogen-bond donors (Lipinski definition) is 0. The Balaban J connectivity index is 2.87. The van der Waals surface area contributed by atoms with Crippen molar-refractivity contribution in [2.45, 2.75) is 19.3 Å². The van der Waals surface area contributed by atoms with E-state index in [0.717, 1.165) is 0 Å². The van der Waals surface area contributed by atoms with Gasteiger partial charge < -0.3 is 9.47 Å². The lowest BCUT2D eigenvalue weighted by atomic mass is 10.0. The summed E-state index contributed by atoms with van der Waals surface area (Å²) in [4.78, 5) is 23.5. The number of methoxy groups -OCH3 is 2. The molecule has 6 heteroatoms. The van der Waals surface area contributed by atoms with Gasteiger partial charge in [0.2, 0.25) is 5.78 Å². The number of ketones is 2. The molecule has 4 nitrogen and oxygen atoms in total. The number of hydrogen-bond acceptors (Lipinski definition) is 4. The van der Waals surface area contributed by atoms with Crippen LogP contribution in [-0.4, -0.2) is 31.7 Å². The highest BCUT2D eigenvalue weighted by molar-refractivity contribution is 9.10. The topological polar surface area (TPSA) is 52.6 Å². The molecule has 0 aliphatic rings. The Labute approximate surface area is 131 Å². The van der Waals surface area contributed by atoms with Crippen LogP contribution in [0.4, 0.5) is 0 Å². The van der Waals surface area contributed by atoms with Crippen LogP contribution in [0.5, 0.6) is 11.5 Å². The Hall–Kier alpha value is -1.07. The smallest absolute Gasteiger partial charge is 0.202 e. The highest BCUT2D eigenvalue weighted by Crippen LogP contribution is 2.33. The van der Waals surface area contributed by atoms with Crippen LogP contribution >= 0.6 is 27.5 Å². The molecule has 0 saturated carbocycles. The highest BCUT2D eigenvalue weighted by Gasteiger charge is 2.17. The molecule has 0 unspecified atom stereocenters. The first-order valence-corrected chi connectivity index (χ1v) is 7.38. The van der Waals surface area contributed by atoms with E-state index in [-0.39, 0.29) is 12.8 Å². The molecule has 0 atom stereocenters. The van der Waals surface area contributed by atoms with Crippen molar-refractivity contribution < 1.29 is 19.1 Å². The lowest BCUT2D eigenvalue weighted by molar-refractivity contribution is -0.136. The van der Waals surface area contributed by atoms with Gasteiger partial charge >= 0.3 is 0 Å². The van der Waals surface area contributed by atoms with E-state index in [9.17, 15) is 9.59 Å². The number of rotatable bonds is 8. The van der Waals surface area contributed by atoms with E-state index in [0.29, 0.717) is 33.8 Å². The van der Waals surface area contributed by atoms with Gasteiger partial charge in [0.1, 0.15) is 0 Å². The van der Waals surface area contributed by atoms with Crippen molar-refractivity contribution >= 4 is 39.1 Å². The van der Waals surface area contributed by atoms with Gasteiger partial charge in [0, 0.05) is 23.2 Å². The maximum absolute atomic E-state index is 11.8. The maximum atomic E-state index is 11.8. The molecule has 0 aliphatic carbocycles. The van der Waals surface area contributed by atoms with Crippen LogP contribution in [0, 0.1) is 0 Å². The first-order chi connectivity index (χ1) is 9.53. The summed E-state index contributed by atoms with van der Waals surface area (Å²) in [5, 5.41) is 0. The first kappa shape index (κ1) is 17.0. The predicted molar refractivity (Wildman–Crippen MR) is 80.9 cm³/mol. The van der Waals surface area contributed by atoms with Gasteiger partial charge in [-0.3, -0.25) is 9.59 Å². The molecule has 0 aliphatic heterocycles. The summed E-state index contributed by atoms with van der Waals surface area (Å²) in [6, 6.07) is 3.40. The number of alkyl halides is 1. The second-order valence-corrected chi connectivity index (χ2v) is 5.35. The van der Waals surface area contributed by atoms with E-state index in [1.807, 2.05) is 0 Å². The maximum Gasteiger partial charge on any atom is 0.202 e. The van der Waals surface area contributed by atoms with E-state index in [1.165, 1.54) is 14.2 Å². The minimum Gasteiger partial charge on any atom is -0.493 e. The molecule has 0 fully saturated rings. The lowest BCUT2D eigenvalue weighted by Gasteiger charge is -2.11. The molecule has 1 aromatic rings. The minimum absolute atomic E-state index is 0.0298. The molecule has 0 radical (unpaired) electrons. The second-order valence-electron chi connectivity index (χ2n) is 4.11. The molecule has 0 bridgehead atoms. The highest BCUT2D eigenvalue weighted by atomic mass is 79.9. The fourth-order valence-corrected chi connectivity index (χ4v) is 2.27. The monoisotopic (exact) mass is 362 g/mol. The molecule has 0 amide bonds. The minimum atomic E-state index is -0.428. The van der Waals surface area contributed by atoms with E-state index in [1.54, 1.807) is 12.1 Å². The molecule has 20 heavy (non-hydrogen) atoms. The zero-order chi connectivity index (χ0) is 15.1. The summed E-state index contributed by atoms with van der Waals surface area (Å²) in [6.07, 6.45) is 0.731. The van der Waals surface area contributed by atoms with Crippen LogP contribution in [0.25, 0.3) is 0 Å². The van der Waals surface area contributed by atoms with Gasteiger partial charge in [-0.15, -0.1) is 11.6 Å². The average Bonchev–Trinajstić information content (AvgIpc) is 2.45. The third-order valence-corrected chi connectivity index (χ3v) is 3.76. The van der Waals surface area contributed by atoms with Crippen LogP contribution in [0.3, 0.4) is 0 Å². The quantitative estimate of drug-likeness (QED) is 0.526. The van der Waals surface area contributed by atoms with Crippen molar-refractivity contribution in [2.24, 2.45) is 0 Å². The van der Waals surface area contributed by atoms with Gasteiger partial charge in [0.05, 0.1) is 14.2 Å². The molecule has 1 rings (SSSR count). The van der Waals surface area contributed by atoms with E-state index >= 15 is 0 Å². The van der Waals surface area contributed by atoms with Gasteiger partial charge in [-0.1, -0.05) is 15.9 Å². The summed E-state index contributed by atoms with van der Waals surface area (Å²) in [7, 11) is 3.05. The number of carbonyl (C=O) groups is 2. The van der Waals surface area contributed by atoms with Crippen molar-refractivity contribution in [1.29, 1.82) is 0 Å². The van der Waals surface area contributed by atoms with Crippen LogP contribution in [0.15, 0.2) is 16.6 Å². The molecular formula is C14H16BrClO4. The second kappa shape index (κ2) is 8.27. The van der Waals surface area contributed by atoms with Gasteiger partial charge in [-0.2, -0.15) is 0 Å². The third kappa shape index (κ3) is 4.49. The SMILES string of the molecule is COc1cc(Br)c(CC(=O)C(=O)CCCCl)cc1OC. The van der Waals surface area contributed by atoms with E-state index in [4.69, 9.17) is 21.1 Å². The van der Waals surface area contributed by atoms with E-state index < -0.39 is 11.6 Å². The Morgan fingerprint density at radius 1 is 1.15 bits per heavy atom. The summed E-state index contributed by atoms with van der Waals surface area (Å²) in [5.41, 5.74) is 0.687. The standard InChI is InChI=1S/C14H16BrClO4/c1-19-13-7-9(10(15)8-14(13)20-2)6-12(18)11(17)4-3-5-16/h7-8H,3-6H2,1-2H3. The number of Topliss-reactive ketones (excluding diaryl/α,β-unsaturated/α-hetero) is 2. The fraction of sp³-hybridized carbons (Fsp3) is 0.429. The molecule has 0 N–H and O–H groups in total. The zero-order valence-electron chi connectivity index (χ0n) is 11.4.